The minimum Gasteiger partial charge on any atom is -0.0984 e. The molecule has 10 rings (SSSR count). The maximum Gasteiger partial charge on any atom is -0.00642 e. The Morgan fingerprint density at radius 3 is 1.86 bits per heavy atom. The Balaban J connectivity index is 0.930. The van der Waals surface area contributed by atoms with Crippen LogP contribution in [0.2, 0.25) is 0 Å². The normalized spacial score (nSPS) is 15.4. The second kappa shape index (κ2) is 11.8. The summed E-state index contributed by atoms with van der Waals surface area (Å²) in [4.78, 5) is 0. The van der Waals surface area contributed by atoms with Crippen LogP contribution in [0, 0.1) is 0 Å². The molecule has 0 atom stereocenters. The van der Waals surface area contributed by atoms with Crippen LogP contribution in [0.5, 0.6) is 0 Å². The fraction of sp³-hybridized carbons (Fsp3) is 0.0980. The molecule has 3 aliphatic rings. The molecule has 242 valence electrons. The van der Waals surface area contributed by atoms with Crippen LogP contribution in [0.1, 0.15) is 42.0 Å². The average molecular weight is 651 g/mol. The van der Waals surface area contributed by atoms with Gasteiger partial charge in [-0.3, -0.25) is 0 Å². The van der Waals surface area contributed by atoms with Crippen LogP contribution in [0.3, 0.4) is 0 Å². The van der Waals surface area contributed by atoms with Crippen LogP contribution >= 0.6 is 0 Å². The molecule has 7 aromatic rings. The summed E-state index contributed by atoms with van der Waals surface area (Å²) >= 11 is 0. The van der Waals surface area contributed by atoms with Gasteiger partial charge in [-0.25, -0.2) is 0 Å². The van der Waals surface area contributed by atoms with Crippen molar-refractivity contribution in [2.24, 2.45) is 0 Å². The van der Waals surface area contributed by atoms with Gasteiger partial charge in [0.05, 0.1) is 0 Å². The summed E-state index contributed by atoms with van der Waals surface area (Å²) in [6, 6.07) is 50.1. The Morgan fingerprint density at radius 1 is 0.510 bits per heavy atom. The zero-order valence-electron chi connectivity index (χ0n) is 29.0. The molecular weight excluding hydrogens is 613 g/mol. The first-order valence-electron chi connectivity index (χ1n) is 18.3. The molecule has 51 heavy (non-hydrogen) atoms. The second-order valence-corrected chi connectivity index (χ2v) is 14.2. The minimum absolute atomic E-state index is 1.09. The number of aryl methyl sites for hydroxylation is 2. The van der Waals surface area contributed by atoms with Crippen molar-refractivity contribution in [2.45, 2.75) is 32.6 Å². The first-order valence-corrected chi connectivity index (χ1v) is 18.3. The van der Waals surface area contributed by atoms with E-state index in [2.05, 4.69) is 159 Å². The molecule has 0 fully saturated rings. The third-order valence-electron chi connectivity index (χ3n) is 11.6. The Bertz CT molecular complexity index is 2670. The number of fused-ring (bicyclic) bond motifs is 3. The highest BCUT2D eigenvalue weighted by molar-refractivity contribution is 6.13. The molecule has 0 N–H and O–H groups in total. The van der Waals surface area contributed by atoms with E-state index in [0.717, 1.165) is 25.7 Å². The molecule has 0 heteroatoms. The summed E-state index contributed by atoms with van der Waals surface area (Å²) in [5, 5.41) is 5.60. The molecule has 0 bridgehead atoms. The first kappa shape index (κ1) is 29.9. The summed E-state index contributed by atoms with van der Waals surface area (Å²) in [6.07, 6.45) is 11.1. The standard InChI is InChI=1S/C51H38/c1-3-32-8-7-13-46-48-31-42(26-28-45(48)43(4-2)50(32)46)41-12-6-11-40(30-41)35-16-14-33(15-17-35)34-18-20-36(21-19-34)44-27-24-39-23-22-37-9-5-10-38-25-29-47(44)51(39)49(37)38/h3-6,9-24,26-28,30-31H,2,7-8,25,29H2,1H3/b32-3-. The highest BCUT2D eigenvalue weighted by Gasteiger charge is 2.29. The lowest BCUT2D eigenvalue weighted by Gasteiger charge is -2.21. The minimum atomic E-state index is 1.09. The maximum absolute atomic E-state index is 4.18. The Morgan fingerprint density at radius 2 is 1.12 bits per heavy atom. The molecule has 0 unspecified atom stereocenters. The van der Waals surface area contributed by atoms with Crippen LogP contribution in [-0.4, -0.2) is 0 Å². The zero-order chi connectivity index (χ0) is 34.1. The van der Waals surface area contributed by atoms with Gasteiger partial charge in [0.1, 0.15) is 0 Å². The number of rotatable bonds is 5. The summed E-state index contributed by atoms with van der Waals surface area (Å²) in [6.45, 7) is 6.34. The van der Waals surface area contributed by atoms with E-state index in [4.69, 9.17) is 0 Å². The Hall–Kier alpha value is -5.98. The average Bonchev–Trinajstić information content (AvgIpc) is 3.53. The molecule has 0 saturated heterocycles. The number of hydrogen-bond donors (Lipinski definition) is 0. The second-order valence-electron chi connectivity index (χ2n) is 14.2. The predicted molar refractivity (Wildman–Crippen MR) is 219 cm³/mol. The topological polar surface area (TPSA) is 0 Å². The molecule has 0 amide bonds. The van der Waals surface area contributed by atoms with Gasteiger partial charge in [-0.05, 0) is 155 Å². The molecule has 0 saturated carbocycles. The molecule has 3 aliphatic carbocycles. The van der Waals surface area contributed by atoms with E-state index in [-0.39, 0.29) is 0 Å². The molecule has 0 spiro atoms. The molecule has 0 radical (unpaired) electrons. The van der Waals surface area contributed by atoms with Crippen molar-refractivity contribution >= 4 is 32.7 Å². The quantitative estimate of drug-likeness (QED) is 0.163. The number of allylic oxidation sites excluding steroid dienone is 7. The van der Waals surface area contributed by atoms with Gasteiger partial charge in [-0.2, -0.15) is 0 Å². The third kappa shape index (κ3) is 4.74. The molecular formula is C51H38. The van der Waals surface area contributed by atoms with E-state index in [0.29, 0.717) is 0 Å². The van der Waals surface area contributed by atoms with Gasteiger partial charge in [-0.1, -0.05) is 146 Å². The molecule has 0 nitrogen and oxygen atoms in total. The van der Waals surface area contributed by atoms with Crippen molar-refractivity contribution in [1.82, 2.24) is 0 Å². The largest absolute Gasteiger partial charge is 0.0984 e. The lowest BCUT2D eigenvalue weighted by Crippen LogP contribution is -2.03. The lowest BCUT2D eigenvalue weighted by atomic mass is 9.82. The predicted octanol–water partition coefficient (Wildman–Crippen LogP) is 13.8. The van der Waals surface area contributed by atoms with Gasteiger partial charge < -0.3 is 0 Å². The van der Waals surface area contributed by atoms with E-state index >= 15 is 0 Å². The summed E-state index contributed by atoms with van der Waals surface area (Å²) in [5.74, 6) is 0. The maximum atomic E-state index is 4.18. The molecule has 0 aliphatic heterocycles. The van der Waals surface area contributed by atoms with E-state index < -0.39 is 0 Å². The lowest BCUT2D eigenvalue weighted by molar-refractivity contribution is 0.970. The van der Waals surface area contributed by atoms with Crippen LogP contribution in [0.4, 0.5) is 0 Å². The highest BCUT2D eigenvalue weighted by atomic mass is 14.3. The van der Waals surface area contributed by atoms with E-state index in [9.17, 15) is 0 Å². The van der Waals surface area contributed by atoms with Crippen LogP contribution in [0.15, 0.2) is 169 Å². The third-order valence-corrected chi connectivity index (χ3v) is 11.6. The van der Waals surface area contributed by atoms with Gasteiger partial charge in [0.2, 0.25) is 0 Å². The SMILES string of the molecule is C=CC1=C2C(=CCC/C2=C/C)c2cc(-c3cccc(-c4ccc(-c5ccc(-c6ccc7ccc8cccc9c8c7c6CC9)cc5)cc4)c3)ccc21. The van der Waals surface area contributed by atoms with Crippen molar-refractivity contribution in [3.63, 3.8) is 0 Å². The highest BCUT2D eigenvalue weighted by Crippen LogP contribution is 2.49. The Labute approximate surface area is 300 Å². The monoisotopic (exact) mass is 650 g/mol. The van der Waals surface area contributed by atoms with E-state index in [1.807, 2.05) is 6.08 Å². The van der Waals surface area contributed by atoms with Crippen LogP contribution in [-0.2, 0) is 12.8 Å². The van der Waals surface area contributed by atoms with Crippen LogP contribution < -0.4 is 0 Å². The summed E-state index contributed by atoms with van der Waals surface area (Å²) in [7, 11) is 0. The van der Waals surface area contributed by atoms with Gasteiger partial charge >= 0.3 is 0 Å². The van der Waals surface area contributed by atoms with Crippen LogP contribution in [0.25, 0.3) is 77.2 Å². The number of hydrogen-bond acceptors (Lipinski definition) is 0. The van der Waals surface area contributed by atoms with Gasteiger partial charge in [-0.15, -0.1) is 0 Å². The fourth-order valence-electron chi connectivity index (χ4n) is 9.07. The first-order chi connectivity index (χ1) is 25.2. The van der Waals surface area contributed by atoms with Gasteiger partial charge in [0.25, 0.3) is 0 Å². The van der Waals surface area contributed by atoms with Crippen molar-refractivity contribution < 1.29 is 0 Å². The van der Waals surface area contributed by atoms with E-state index in [1.54, 1.807) is 0 Å². The van der Waals surface area contributed by atoms with Crippen molar-refractivity contribution in [2.75, 3.05) is 0 Å². The smallest absolute Gasteiger partial charge is 0.00642 e. The van der Waals surface area contributed by atoms with Gasteiger partial charge in [0, 0.05) is 0 Å². The zero-order valence-corrected chi connectivity index (χ0v) is 29.0. The molecule has 0 heterocycles. The molecule has 7 aromatic carbocycles. The molecule has 0 aromatic heterocycles. The Kier molecular flexibility index (Phi) is 6.93. The van der Waals surface area contributed by atoms with E-state index in [1.165, 1.54) is 111 Å². The van der Waals surface area contributed by atoms with Gasteiger partial charge in [0.15, 0.2) is 0 Å². The fourth-order valence-corrected chi connectivity index (χ4v) is 9.07. The number of benzene rings is 7. The van der Waals surface area contributed by atoms with Crippen molar-refractivity contribution in [3.05, 3.63) is 192 Å². The van der Waals surface area contributed by atoms with Crippen molar-refractivity contribution in [3.8, 4) is 44.5 Å². The summed E-state index contributed by atoms with van der Waals surface area (Å²) < 4.78 is 0. The van der Waals surface area contributed by atoms with Crippen molar-refractivity contribution in [1.29, 1.82) is 0 Å². The summed E-state index contributed by atoms with van der Waals surface area (Å²) in [5.41, 5.74) is 21.2.